The highest BCUT2D eigenvalue weighted by molar-refractivity contribution is 7.88. The first kappa shape index (κ1) is 14.5. The van der Waals surface area contributed by atoms with E-state index in [0.717, 1.165) is 16.9 Å². The predicted molar refractivity (Wildman–Crippen MR) is 83.0 cm³/mol. The molecule has 20 heavy (non-hydrogen) atoms. The first-order valence-corrected chi connectivity index (χ1v) is 9.69. The van der Waals surface area contributed by atoms with Crippen molar-refractivity contribution in [3.8, 4) is 0 Å². The third-order valence-corrected chi connectivity index (χ3v) is 6.72. The van der Waals surface area contributed by atoms with Gasteiger partial charge in [0.15, 0.2) is 5.11 Å². The monoisotopic (exact) mass is 317 g/mol. The second-order valence-corrected chi connectivity index (χ2v) is 8.75. The molecule has 3 rings (SSSR count). The standard InChI is InChI=1S/C13H23N3O2S2/c1-20(17,18)16-6-4-15(5-7-16)13(19)14-12-9-10-2-3-11(12)8-10/h10-12H,2-9H2,1H3,(H,14,19)/t10-,11+,12-/m1/s1. The van der Waals surface area contributed by atoms with E-state index in [4.69, 9.17) is 12.2 Å². The highest BCUT2D eigenvalue weighted by atomic mass is 32.2. The summed E-state index contributed by atoms with van der Waals surface area (Å²) < 4.78 is 24.5. The van der Waals surface area contributed by atoms with Crippen molar-refractivity contribution < 1.29 is 8.42 Å². The van der Waals surface area contributed by atoms with Crippen LogP contribution in [0.2, 0.25) is 0 Å². The zero-order valence-corrected chi connectivity index (χ0v) is 13.5. The van der Waals surface area contributed by atoms with Crippen molar-refractivity contribution in [3.05, 3.63) is 0 Å². The van der Waals surface area contributed by atoms with Crippen molar-refractivity contribution in [1.82, 2.24) is 14.5 Å². The van der Waals surface area contributed by atoms with Gasteiger partial charge >= 0.3 is 0 Å². The Morgan fingerprint density at radius 3 is 2.35 bits per heavy atom. The number of nitrogens with one attached hydrogen (secondary N) is 1. The molecule has 0 unspecified atom stereocenters. The SMILES string of the molecule is CS(=O)(=O)N1CCN(C(=S)N[C@@H]2C[C@@H]3CC[C@H]2C3)CC1. The lowest BCUT2D eigenvalue weighted by molar-refractivity contribution is 0.259. The van der Waals surface area contributed by atoms with Gasteiger partial charge in [-0.3, -0.25) is 0 Å². The summed E-state index contributed by atoms with van der Waals surface area (Å²) in [6.07, 6.45) is 6.63. The van der Waals surface area contributed by atoms with Gasteiger partial charge in [-0.2, -0.15) is 4.31 Å². The van der Waals surface area contributed by atoms with Gasteiger partial charge in [0.05, 0.1) is 6.26 Å². The first-order chi connectivity index (χ1) is 9.43. The first-order valence-electron chi connectivity index (χ1n) is 7.44. The van der Waals surface area contributed by atoms with Gasteiger partial charge in [-0.05, 0) is 43.3 Å². The second kappa shape index (κ2) is 5.42. The molecule has 0 amide bonds. The normalized spacial score (nSPS) is 34.5. The van der Waals surface area contributed by atoms with Crippen LogP contribution in [0.1, 0.15) is 25.7 Å². The average Bonchev–Trinajstić information content (AvgIpc) is 3.00. The van der Waals surface area contributed by atoms with Crippen molar-refractivity contribution >= 4 is 27.4 Å². The van der Waals surface area contributed by atoms with Crippen molar-refractivity contribution in [2.45, 2.75) is 31.7 Å². The minimum atomic E-state index is -3.06. The Labute approximate surface area is 126 Å². The lowest BCUT2D eigenvalue weighted by Gasteiger charge is -2.36. The molecule has 2 bridgehead atoms. The van der Waals surface area contributed by atoms with Gasteiger partial charge in [0, 0.05) is 32.2 Å². The van der Waals surface area contributed by atoms with E-state index in [-0.39, 0.29) is 0 Å². The topological polar surface area (TPSA) is 52.7 Å². The number of rotatable bonds is 2. The van der Waals surface area contributed by atoms with E-state index in [2.05, 4.69) is 10.2 Å². The number of fused-ring (bicyclic) bond motifs is 2. The fourth-order valence-electron chi connectivity index (χ4n) is 3.89. The van der Waals surface area contributed by atoms with Crippen molar-refractivity contribution in [1.29, 1.82) is 0 Å². The predicted octanol–water partition coefficient (Wildman–Crippen LogP) is 0.627. The van der Waals surface area contributed by atoms with Crippen LogP contribution in [0, 0.1) is 11.8 Å². The Hall–Kier alpha value is -0.400. The molecule has 1 aliphatic heterocycles. The maximum absolute atomic E-state index is 11.5. The molecule has 3 fully saturated rings. The number of hydrogen-bond acceptors (Lipinski definition) is 3. The second-order valence-electron chi connectivity index (χ2n) is 6.38. The van der Waals surface area contributed by atoms with Crippen LogP contribution >= 0.6 is 12.2 Å². The Morgan fingerprint density at radius 2 is 1.85 bits per heavy atom. The molecule has 0 radical (unpaired) electrons. The molecule has 1 saturated heterocycles. The van der Waals surface area contributed by atoms with Crippen LogP contribution in [0.4, 0.5) is 0 Å². The minimum absolute atomic E-state index is 0.539. The molecule has 3 atom stereocenters. The number of thiocarbonyl (C=S) groups is 1. The van der Waals surface area contributed by atoms with Crippen LogP contribution in [-0.4, -0.2) is 61.2 Å². The molecule has 1 heterocycles. The number of piperazine rings is 1. The average molecular weight is 317 g/mol. The lowest BCUT2D eigenvalue weighted by Crippen LogP contribution is -2.54. The van der Waals surface area contributed by atoms with Crippen LogP contribution in [-0.2, 0) is 10.0 Å². The van der Waals surface area contributed by atoms with E-state index in [9.17, 15) is 8.42 Å². The zero-order chi connectivity index (χ0) is 14.3. The van der Waals surface area contributed by atoms with Gasteiger partial charge in [0.2, 0.25) is 10.0 Å². The molecule has 0 aromatic heterocycles. The molecule has 5 nitrogen and oxygen atoms in total. The van der Waals surface area contributed by atoms with E-state index in [1.807, 2.05) is 0 Å². The molecule has 114 valence electrons. The van der Waals surface area contributed by atoms with Crippen LogP contribution in [0.5, 0.6) is 0 Å². The Bertz CT molecular complexity index is 486. The summed E-state index contributed by atoms with van der Waals surface area (Å²) in [4.78, 5) is 2.11. The highest BCUT2D eigenvalue weighted by Crippen LogP contribution is 2.44. The molecule has 0 aromatic rings. The summed E-state index contributed by atoms with van der Waals surface area (Å²) in [5.74, 6) is 1.71. The molecule has 3 aliphatic rings. The molecule has 1 N–H and O–H groups in total. The van der Waals surface area contributed by atoms with E-state index >= 15 is 0 Å². The van der Waals surface area contributed by atoms with Crippen LogP contribution in [0.3, 0.4) is 0 Å². The Kier molecular flexibility index (Phi) is 3.94. The van der Waals surface area contributed by atoms with Gasteiger partial charge in [-0.1, -0.05) is 6.42 Å². The van der Waals surface area contributed by atoms with Crippen molar-refractivity contribution in [2.24, 2.45) is 11.8 Å². The third kappa shape index (κ3) is 2.94. The lowest BCUT2D eigenvalue weighted by atomic mass is 9.95. The third-order valence-electron chi connectivity index (χ3n) is 5.04. The van der Waals surface area contributed by atoms with Gasteiger partial charge in [-0.15, -0.1) is 0 Å². The Morgan fingerprint density at radius 1 is 1.15 bits per heavy atom. The summed E-state index contributed by atoms with van der Waals surface area (Å²) in [6.45, 7) is 2.47. The number of sulfonamides is 1. The highest BCUT2D eigenvalue weighted by Gasteiger charge is 2.40. The maximum Gasteiger partial charge on any atom is 0.211 e. The maximum atomic E-state index is 11.5. The number of nitrogens with zero attached hydrogens (tertiary/aromatic N) is 2. The van der Waals surface area contributed by atoms with E-state index in [0.29, 0.717) is 32.2 Å². The van der Waals surface area contributed by atoms with Gasteiger partial charge in [0.25, 0.3) is 0 Å². The van der Waals surface area contributed by atoms with Crippen molar-refractivity contribution in [2.75, 3.05) is 32.4 Å². The molecular weight excluding hydrogens is 294 g/mol. The minimum Gasteiger partial charge on any atom is -0.360 e. The molecule has 7 heteroatoms. The molecular formula is C13H23N3O2S2. The van der Waals surface area contributed by atoms with Gasteiger partial charge in [0.1, 0.15) is 0 Å². The van der Waals surface area contributed by atoms with Crippen LogP contribution in [0.25, 0.3) is 0 Å². The smallest absolute Gasteiger partial charge is 0.211 e. The quantitative estimate of drug-likeness (QED) is 0.757. The fourth-order valence-corrected chi connectivity index (χ4v) is 5.05. The van der Waals surface area contributed by atoms with E-state index in [1.54, 1.807) is 0 Å². The molecule has 2 saturated carbocycles. The van der Waals surface area contributed by atoms with Crippen LogP contribution < -0.4 is 5.32 Å². The summed E-state index contributed by atoms with van der Waals surface area (Å²) in [6, 6.07) is 0.550. The summed E-state index contributed by atoms with van der Waals surface area (Å²) in [7, 11) is -3.06. The summed E-state index contributed by atoms with van der Waals surface area (Å²) >= 11 is 5.51. The zero-order valence-electron chi connectivity index (χ0n) is 11.9. The van der Waals surface area contributed by atoms with Gasteiger partial charge < -0.3 is 10.2 Å². The van der Waals surface area contributed by atoms with E-state index < -0.39 is 10.0 Å². The number of hydrogen-bond donors (Lipinski definition) is 1. The molecule has 2 aliphatic carbocycles. The largest absolute Gasteiger partial charge is 0.360 e. The fraction of sp³-hybridized carbons (Fsp3) is 0.923. The van der Waals surface area contributed by atoms with Gasteiger partial charge in [-0.25, -0.2) is 8.42 Å². The summed E-state index contributed by atoms with van der Waals surface area (Å²) in [5.41, 5.74) is 0. The molecule has 0 aromatic carbocycles. The van der Waals surface area contributed by atoms with E-state index in [1.165, 1.54) is 36.2 Å². The van der Waals surface area contributed by atoms with Crippen LogP contribution in [0.15, 0.2) is 0 Å². The van der Waals surface area contributed by atoms with Crippen molar-refractivity contribution in [3.63, 3.8) is 0 Å². The molecule has 0 spiro atoms. The summed E-state index contributed by atoms with van der Waals surface area (Å²) in [5, 5.41) is 4.34. The Balaban J connectivity index is 1.50.